The maximum absolute atomic E-state index is 12.1. The Morgan fingerprint density at radius 3 is 2.91 bits per heavy atom. The second kappa shape index (κ2) is 7.74. The van der Waals surface area contributed by atoms with Crippen molar-refractivity contribution in [2.75, 3.05) is 50.8 Å². The van der Waals surface area contributed by atoms with Gasteiger partial charge in [-0.2, -0.15) is 0 Å². The highest BCUT2D eigenvalue weighted by Gasteiger charge is 2.20. The molecule has 23 heavy (non-hydrogen) atoms. The zero-order chi connectivity index (χ0) is 16.1. The second-order valence-corrected chi connectivity index (χ2v) is 6.55. The first-order chi connectivity index (χ1) is 11.2. The molecule has 2 fully saturated rings. The van der Waals surface area contributed by atoms with Gasteiger partial charge in [0.1, 0.15) is 5.69 Å². The number of hydrogen-bond donors (Lipinski definition) is 1. The number of carbonyl (C=O) groups excluding carboxylic acids is 2. The molecule has 2 saturated heterocycles. The Morgan fingerprint density at radius 2 is 2.17 bits per heavy atom. The molecule has 0 radical (unpaired) electrons. The van der Waals surface area contributed by atoms with Crippen molar-refractivity contribution in [2.24, 2.45) is 0 Å². The van der Waals surface area contributed by atoms with Gasteiger partial charge in [0.25, 0.3) is 5.91 Å². The van der Waals surface area contributed by atoms with E-state index in [1.807, 2.05) is 4.90 Å². The number of amides is 2. The van der Waals surface area contributed by atoms with Crippen molar-refractivity contribution in [3.8, 4) is 0 Å². The minimum atomic E-state index is -0.145. The molecule has 8 heteroatoms. The predicted molar refractivity (Wildman–Crippen MR) is 87.9 cm³/mol. The quantitative estimate of drug-likeness (QED) is 0.774. The van der Waals surface area contributed by atoms with Crippen LogP contribution in [0.4, 0.5) is 5.13 Å². The van der Waals surface area contributed by atoms with E-state index in [9.17, 15) is 9.59 Å². The van der Waals surface area contributed by atoms with Gasteiger partial charge in [0, 0.05) is 44.5 Å². The highest BCUT2D eigenvalue weighted by molar-refractivity contribution is 7.13. The van der Waals surface area contributed by atoms with E-state index in [0.717, 1.165) is 44.2 Å². The maximum atomic E-state index is 12.1. The highest BCUT2D eigenvalue weighted by Crippen LogP contribution is 2.21. The van der Waals surface area contributed by atoms with Crippen LogP contribution in [0.25, 0.3) is 0 Å². The Balaban J connectivity index is 1.41. The van der Waals surface area contributed by atoms with Crippen LogP contribution in [0, 0.1) is 0 Å². The topological polar surface area (TPSA) is 74.8 Å². The molecule has 2 aliphatic rings. The summed E-state index contributed by atoms with van der Waals surface area (Å²) >= 11 is 1.49. The third kappa shape index (κ3) is 4.20. The molecule has 0 aromatic carbocycles. The smallest absolute Gasteiger partial charge is 0.270 e. The van der Waals surface area contributed by atoms with Gasteiger partial charge >= 0.3 is 0 Å². The first-order valence-electron chi connectivity index (χ1n) is 8.08. The summed E-state index contributed by atoms with van der Waals surface area (Å²) < 4.78 is 5.32. The van der Waals surface area contributed by atoms with Gasteiger partial charge in [-0.05, 0) is 12.8 Å². The number of nitrogens with zero attached hydrogens (tertiary/aromatic N) is 3. The van der Waals surface area contributed by atoms with Crippen LogP contribution in [0.1, 0.15) is 29.8 Å². The summed E-state index contributed by atoms with van der Waals surface area (Å²) in [5, 5.41) is 5.55. The van der Waals surface area contributed by atoms with Crippen molar-refractivity contribution in [1.82, 2.24) is 15.2 Å². The first kappa shape index (κ1) is 16.2. The van der Waals surface area contributed by atoms with Crippen LogP contribution >= 0.6 is 11.3 Å². The third-order valence-electron chi connectivity index (χ3n) is 4.07. The summed E-state index contributed by atoms with van der Waals surface area (Å²) in [6, 6.07) is 0. The average Bonchev–Trinajstić information content (AvgIpc) is 3.22. The van der Waals surface area contributed by atoms with Crippen molar-refractivity contribution in [3.63, 3.8) is 0 Å². The van der Waals surface area contributed by atoms with Crippen LogP contribution < -0.4 is 10.2 Å². The zero-order valence-electron chi connectivity index (χ0n) is 13.1. The van der Waals surface area contributed by atoms with Crippen molar-refractivity contribution >= 4 is 28.3 Å². The number of likely N-dealkylation sites (tertiary alicyclic amines) is 1. The van der Waals surface area contributed by atoms with Gasteiger partial charge in [0.2, 0.25) is 5.91 Å². The number of rotatable bonds is 6. The summed E-state index contributed by atoms with van der Waals surface area (Å²) in [6.07, 6.45) is 2.39. The zero-order valence-corrected chi connectivity index (χ0v) is 13.9. The van der Waals surface area contributed by atoms with Gasteiger partial charge in [-0.1, -0.05) is 0 Å². The van der Waals surface area contributed by atoms with E-state index in [0.29, 0.717) is 31.9 Å². The summed E-state index contributed by atoms with van der Waals surface area (Å²) in [6.45, 7) is 5.17. The molecule has 0 aliphatic carbocycles. The van der Waals surface area contributed by atoms with Gasteiger partial charge in [-0.15, -0.1) is 11.3 Å². The molecule has 1 aromatic heterocycles. The lowest BCUT2D eigenvalue weighted by Crippen LogP contribution is -2.36. The van der Waals surface area contributed by atoms with Crippen LogP contribution in [0.15, 0.2) is 5.38 Å². The van der Waals surface area contributed by atoms with Crippen LogP contribution in [0.3, 0.4) is 0 Å². The molecule has 0 saturated carbocycles. The van der Waals surface area contributed by atoms with E-state index in [4.69, 9.17) is 4.74 Å². The Morgan fingerprint density at radius 1 is 1.35 bits per heavy atom. The van der Waals surface area contributed by atoms with Crippen molar-refractivity contribution < 1.29 is 14.3 Å². The summed E-state index contributed by atoms with van der Waals surface area (Å²) in [5.74, 6) is 0.0829. The molecule has 2 amide bonds. The second-order valence-electron chi connectivity index (χ2n) is 5.71. The lowest BCUT2D eigenvalue weighted by Gasteiger charge is -2.25. The Bertz CT molecular complexity index is 557. The monoisotopic (exact) mass is 338 g/mol. The molecular weight excluding hydrogens is 316 g/mol. The van der Waals surface area contributed by atoms with Gasteiger partial charge < -0.3 is 19.9 Å². The number of hydrogen-bond acceptors (Lipinski definition) is 6. The van der Waals surface area contributed by atoms with E-state index in [1.54, 1.807) is 5.38 Å². The van der Waals surface area contributed by atoms with Gasteiger partial charge in [0.05, 0.1) is 13.2 Å². The Kier molecular flexibility index (Phi) is 5.45. The molecule has 3 heterocycles. The molecule has 0 unspecified atom stereocenters. The Hall–Kier alpha value is -1.67. The summed E-state index contributed by atoms with van der Waals surface area (Å²) in [5.41, 5.74) is 0.466. The third-order valence-corrected chi connectivity index (χ3v) is 4.97. The molecule has 2 aliphatic heterocycles. The number of thiazole rings is 1. The number of carbonyl (C=O) groups is 2. The van der Waals surface area contributed by atoms with Crippen molar-refractivity contribution in [2.45, 2.75) is 19.3 Å². The molecular formula is C15H22N4O3S. The number of ether oxygens (including phenoxy) is 1. The fourth-order valence-corrected chi connectivity index (χ4v) is 3.63. The maximum Gasteiger partial charge on any atom is 0.270 e. The predicted octanol–water partition coefficient (Wildman–Crippen LogP) is 0.722. The van der Waals surface area contributed by atoms with Crippen LogP contribution in [0.5, 0.6) is 0 Å². The largest absolute Gasteiger partial charge is 0.378 e. The van der Waals surface area contributed by atoms with E-state index in [-0.39, 0.29) is 11.8 Å². The molecule has 7 nitrogen and oxygen atoms in total. The molecule has 3 rings (SSSR count). The lowest BCUT2D eigenvalue weighted by atomic mass is 10.3. The highest BCUT2D eigenvalue weighted by atomic mass is 32.1. The number of anilines is 1. The number of morpholine rings is 1. The molecule has 1 N–H and O–H groups in total. The molecule has 0 bridgehead atoms. The van der Waals surface area contributed by atoms with Crippen LogP contribution in [-0.4, -0.2) is 67.6 Å². The Labute approximate surface area is 139 Å². The van der Waals surface area contributed by atoms with Crippen molar-refractivity contribution in [3.05, 3.63) is 11.1 Å². The standard InChI is InChI=1S/C15H22N4O3S/c20-13-3-1-5-18(13)6-2-4-16-14(21)12-11-23-15(17-12)19-7-9-22-10-8-19/h11H,1-10H2,(H,16,21). The van der Waals surface area contributed by atoms with Crippen LogP contribution in [-0.2, 0) is 9.53 Å². The van der Waals surface area contributed by atoms with Gasteiger partial charge in [0.15, 0.2) is 5.13 Å². The SMILES string of the molecule is O=C(NCCCN1CCCC1=O)c1csc(N2CCOCC2)n1. The average molecular weight is 338 g/mol. The summed E-state index contributed by atoms with van der Waals surface area (Å²) in [4.78, 5) is 32.0. The first-order valence-corrected chi connectivity index (χ1v) is 8.96. The van der Waals surface area contributed by atoms with E-state index in [1.165, 1.54) is 11.3 Å². The lowest BCUT2D eigenvalue weighted by molar-refractivity contribution is -0.127. The summed E-state index contributed by atoms with van der Waals surface area (Å²) in [7, 11) is 0. The minimum Gasteiger partial charge on any atom is -0.378 e. The van der Waals surface area contributed by atoms with E-state index in [2.05, 4.69) is 15.2 Å². The van der Waals surface area contributed by atoms with Crippen molar-refractivity contribution in [1.29, 1.82) is 0 Å². The fraction of sp³-hybridized carbons (Fsp3) is 0.667. The van der Waals surface area contributed by atoms with E-state index >= 15 is 0 Å². The molecule has 1 aromatic rings. The molecule has 126 valence electrons. The number of nitrogens with one attached hydrogen (secondary N) is 1. The minimum absolute atomic E-state index is 0.145. The van der Waals surface area contributed by atoms with Gasteiger partial charge in [-0.3, -0.25) is 9.59 Å². The number of aromatic nitrogens is 1. The van der Waals surface area contributed by atoms with Gasteiger partial charge in [-0.25, -0.2) is 4.98 Å². The molecule has 0 spiro atoms. The van der Waals surface area contributed by atoms with Crippen LogP contribution in [0.2, 0.25) is 0 Å². The fourth-order valence-electron chi connectivity index (χ4n) is 2.77. The molecule has 0 atom stereocenters. The van der Waals surface area contributed by atoms with E-state index < -0.39 is 0 Å². The normalized spacial score (nSPS) is 18.5.